The average Bonchev–Trinajstić information content (AvgIpc) is 3.17. The van der Waals surface area contributed by atoms with Crippen LogP contribution in [0.3, 0.4) is 0 Å². The van der Waals surface area contributed by atoms with E-state index in [0.717, 1.165) is 11.2 Å². The highest BCUT2D eigenvalue weighted by molar-refractivity contribution is 6.03. The van der Waals surface area contributed by atoms with Crippen LogP contribution in [0.1, 0.15) is 18.2 Å². The van der Waals surface area contributed by atoms with E-state index in [1.54, 1.807) is 15.7 Å². The van der Waals surface area contributed by atoms with Crippen LogP contribution in [-0.4, -0.2) is 26.3 Å². The lowest BCUT2D eigenvalue weighted by Gasteiger charge is -2.32. The van der Waals surface area contributed by atoms with Gasteiger partial charge in [0.15, 0.2) is 0 Å². The number of aromatic nitrogens is 3. The Bertz CT molecular complexity index is 1270. The second-order valence-electron chi connectivity index (χ2n) is 7.29. The van der Waals surface area contributed by atoms with E-state index in [-0.39, 0.29) is 30.6 Å². The molecular weight excluding hydrogens is 397 g/mol. The van der Waals surface area contributed by atoms with Gasteiger partial charge in [-0.25, -0.2) is 9.37 Å². The van der Waals surface area contributed by atoms with Crippen molar-refractivity contribution >= 4 is 34.5 Å². The standard InChI is InChI=1S/C23H18FN5O2/c24-15-8-10-16(11-9-15)26-22(31)20-13-21(30)28(14-17-5-3-4-12-25-17)23-27-18-6-1-2-7-19(18)29(20)23/h1-12,20H,13-14H2,(H,26,31)/t20-/m0/s1. The van der Waals surface area contributed by atoms with E-state index >= 15 is 0 Å². The fourth-order valence-corrected chi connectivity index (χ4v) is 3.79. The number of para-hydroxylation sites is 2. The highest BCUT2D eigenvalue weighted by Crippen LogP contribution is 2.35. The maximum atomic E-state index is 13.2. The molecule has 2 amide bonds. The number of benzene rings is 2. The molecule has 1 aliphatic heterocycles. The molecule has 0 bridgehead atoms. The fraction of sp³-hybridized carbons (Fsp3) is 0.130. The minimum absolute atomic E-state index is 0.0206. The number of halogens is 1. The highest BCUT2D eigenvalue weighted by Gasteiger charge is 2.37. The molecule has 7 nitrogen and oxygen atoms in total. The third-order valence-corrected chi connectivity index (χ3v) is 5.26. The van der Waals surface area contributed by atoms with Crippen molar-refractivity contribution in [2.45, 2.75) is 19.0 Å². The zero-order chi connectivity index (χ0) is 21.4. The predicted molar refractivity (Wildman–Crippen MR) is 114 cm³/mol. The Morgan fingerprint density at radius 3 is 2.61 bits per heavy atom. The van der Waals surface area contributed by atoms with E-state index in [0.29, 0.717) is 17.2 Å². The SMILES string of the molecule is O=C(Nc1ccc(F)cc1)[C@@H]1CC(=O)N(Cc2ccccn2)c2nc3ccccc3n21. The number of fused-ring (bicyclic) bond motifs is 3. The largest absolute Gasteiger partial charge is 0.324 e. The molecule has 0 radical (unpaired) electrons. The summed E-state index contributed by atoms with van der Waals surface area (Å²) >= 11 is 0. The molecule has 0 aliphatic carbocycles. The maximum absolute atomic E-state index is 13.2. The minimum atomic E-state index is -0.778. The van der Waals surface area contributed by atoms with Crippen molar-refractivity contribution < 1.29 is 14.0 Å². The number of rotatable bonds is 4. The Labute approximate surface area is 177 Å². The molecule has 0 unspecified atom stereocenters. The van der Waals surface area contributed by atoms with Gasteiger partial charge in [0.1, 0.15) is 11.9 Å². The van der Waals surface area contributed by atoms with Crippen molar-refractivity contribution in [3.63, 3.8) is 0 Å². The Hall–Kier alpha value is -4.07. The molecular formula is C23H18FN5O2. The van der Waals surface area contributed by atoms with Crippen molar-refractivity contribution in [1.82, 2.24) is 14.5 Å². The number of nitrogens with one attached hydrogen (secondary N) is 1. The zero-order valence-corrected chi connectivity index (χ0v) is 16.4. The lowest BCUT2D eigenvalue weighted by molar-refractivity contribution is -0.126. The summed E-state index contributed by atoms with van der Waals surface area (Å²) in [4.78, 5) is 36.7. The van der Waals surface area contributed by atoms with Gasteiger partial charge in [0.2, 0.25) is 17.8 Å². The van der Waals surface area contributed by atoms with Gasteiger partial charge in [-0.05, 0) is 48.5 Å². The highest BCUT2D eigenvalue weighted by atomic mass is 19.1. The van der Waals surface area contributed by atoms with E-state index in [4.69, 9.17) is 0 Å². The molecule has 154 valence electrons. The predicted octanol–water partition coefficient (Wildman–Crippen LogP) is 3.69. The van der Waals surface area contributed by atoms with E-state index in [9.17, 15) is 14.0 Å². The molecule has 2 aromatic heterocycles. The van der Waals surface area contributed by atoms with E-state index in [1.165, 1.54) is 24.3 Å². The van der Waals surface area contributed by atoms with Crippen molar-refractivity contribution in [2.75, 3.05) is 10.2 Å². The number of carbonyl (C=O) groups is 2. The van der Waals surface area contributed by atoms with Crippen molar-refractivity contribution in [3.8, 4) is 0 Å². The molecule has 31 heavy (non-hydrogen) atoms. The van der Waals surface area contributed by atoms with E-state index in [2.05, 4.69) is 15.3 Å². The first-order valence-electron chi connectivity index (χ1n) is 9.84. The van der Waals surface area contributed by atoms with E-state index in [1.807, 2.05) is 42.5 Å². The summed E-state index contributed by atoms with van der Waals surface area (Å²) in [5, 5.41) is 2.78. The molecule has 2 aromatic carbocycles. The zero-order valence-electron chi connectivity index (χ0n) is 16.4. The molecule has 5 rings (SSSR count). The number of imidazole rings is 1. The van der Waals surface area contributed by atoms with Crippen LogP contribution in [-0.2, 0) is 16.1 Å². The Balaban J connectivity index is 1.54. The molecule has 0 spiro atoms. The average molecular weight is 415 g/mol. The van der Waals surface area contributed by atoms with Gasteiger partial charge in [0, 0.05) is 11.9 Å². The van der Waals surface area contributed by atoms with Gasteiger partial charge < -0.3 is 5.32 Å². The molecule has 8 heteroatoms. The Morgan fingerprint density at radius 1 is 1.06 bits per heavy atom. The van der Waals surface area contributed by atoms with Gasteiger partial charge in [0.05, 0.1) is 29.7 Å². The summed E-state index contributed by atoms with van der Waals surface area (Å²) in [6.07, 6.45) is 1.65. The van der Waals surface area contributed by atoms with E-state index < -0.39 is 6.04 Å². The monoisotopic (exact) mass is 415 g/mol. The topological polar surface area (TPSA) is 80.1 Å². The van der Waals surface area contributed by atoms with Gasteiger partial charge in [0.25, 0.3) is 0 Å². The smallest absolute Gasteiger partial charge is 0.248 e. The summed E-state index contributed by atoms with van der Waals surface area (Å²) in [6, 6.07) is 17.7. The van der Waals surface area contributed by atoms with Crippen molar-refractivity contribution in [2.24, 2.45) is 0 Å². The first-order chi connectivity index (χ1) is 15.1. The molecule has 1 aliphatic rings. The first kappa shape index (κ1) is 18.9. The minimum Gasteiger partial charge on any atom is -0.324 e. The molecule has 0 fully saturated rings. The quantitative estimate of drug-likeness (QED) is 0.551. The molecule has 1 atom stereocenters. The molecule has 3 heterocycles. The van der Waals surface area contributed by atoms with Crippen LogP contribution in [0.25, 0.3) is 11.0 Å². The summed E-state index contributed by atoms with van der Waals surface area (Å²) in [5.41, 5.74) is 2.64. The van der Waals surface area contributed by atoms with Crippen LogP contribution in [0.4, 0.5) is 16.0 Å². The molecule has 0 saturated heterocycles. The number of carbonyl (C=O) groups excluding carboxylic acids is 2. The van der Waals surface area contributed by atoms with Crippen LogP contribution in [0.15, 0.2) is 72.9 Å². The van der Waals surface area contributed by atoms with Crippen LogP contribution < -0.4 is 10.2 Å². The van der Waals surface area contributed by atoms with Gasteiger partial charge in [-0.2, -0.15) is 0 Å². The van der Waals surface area contributed by atoms with Gasteiger partial charge in [-0.15, -0.1) is 0 Å². The number of amides is 2. The normalized spacial score (nSPS) is 15.7. The summed E-state index contributed by atoms with van der Waals surface area (Å²) in [6.45, 7) is 0.259. The molecule has 1 N–H and O–H groups in total. The lowest BCUT2D eigenvalue weighted by Crippen LogP contribution is -2.42. The second kappa shape index (κ2) is 7.64. The van der Waals surface area contributed by atoms with Gasteiger partial charge in [-0.1, -0.05) is 18.2 Å². The molecule has 0 saturated carbocycles. The number of nitrogens with zero attached hydrogens (tertiary/aromatic N) is 4. The lowest BCUT2D eigenvalue weighted by atomic mass is 10.1. The first-order valence-corrected chi connectivity index (χ1v) is 9.84. The number of hydrogen-bond donors (Lipinski definition) is 1. The van der Waals surface area contributed by atoms with Crippen LogP contribution in [0.5, 0.6) is 0 Å². The van der Waals surface area contributed by atoms with Crippen LogP contribution in [0, 0.1) is 5.82 Å². The third-order valence-electron chi connectivity index (χ3n) is 5.26. The third kappa shape index (κ3) is 3.52. The Morgan fingerprint density at radius 2 is 1.84 bits per heavy atom. The maximum Gasteiger partial charge on any atom is 0.248 e. The van der Waals surface area contributed by atoms with Crippen molar-refractivity contribution in [3.05, 3.63) is 84.4 Å². The molecule has 4 aromatic rings. The summed E-state index contributed by atoms with van der Waals surface area (Å²) in [7, 11) is 0. The van der Waals surface area contributed by atoms with Gasteiger partial charge >= 0.3 is 0 Å². The summed E-state index contributed by atoms with van der Waals surface area (Å²) < 4.78 is 15.0. The van der Waals surface area contributed by atoms with Crippen molar-refractivity contribution in [1.29, 1.82) is 0 Å². The number of pyridine rings is 1. The van der Waals surface area contributed by atoms with Crippen LogP contribution >= 0.6 is 0 Å². The van der Waals surface area contributed by atoms with Gasteiger partial charge in [-0.3, -0.25) is 24.0 Å². The number of hydrogen-bond acceptors (Lipinski definition) is 4. The Kier molecular flexibility index (Phi) is 4.66. The summed E-state index contributed by atoms with van der Waals surface area (Å²) in [5.74, 6) is -0.559. The fourth-order valence-electron chi connectivity index (χ4n) is 3.79. The van der Waals surface area contributed by atoms with Crippen LogP contribution in [0.2, 0.25) is 0 Å². The number of anilines is 2. The second-order valence-corrected chi connectivity index (χ2v) is 7.29.